The summed E-state index contributed by atoms with van der Waals surface area (Å²) in [6.45, 7) is 1.63. The van der Waals surface area contributed by atoms with E-state index >= 15 is 0 Å². The van der Waals surface area contributed by atoms with Gasteiger partial charge in [-0.15, -0.1) is 10.2 Å². The number of esters is 1. The molecule has 0 unspecified atom stereocenters. The molecule has 0 aliphatic heterocycles. The highest BCUT2D eigenvalue weighted by atomic mass is 32.2. The quantitative estimate of drug-likeness (QED) is 0.348. The lowest BCUT2D eigenvalue weighted by Crippen LogP contribution is -2.11. The van der Waals surface area contributed by atoms with E-state index in [9.17, 15) is 9.18 Å². The van der Waals surface area contributed by atoms with Crippen LogP contribution in [-0.2, 0) is 9.53 Å². The molecule has 0 saturated carbocycles. The van der Waals surface area contributed by atoms with E-state index in [-0.39, 0.29) is 23.4 Å². The van der Waals surface area contributed by atoms with Crippen molar-refractivity contribution in [2.24, 2.45) is 0 Å². The summed E-state index contributed by atoms with van der Waals surface area (Å²) in [5.41, 5.74) is 1.96. The van der Waals surface area contributed by atoms with E-state index in [2.05, 4.69) is 15.2 Å². The van der Waals surface area contributed by atoms with E-state index in [0.717, 1.165) is 17.3 Å². The second kappa shape index (κ2) is 7.81. The molecule has 0 saturated heterocycles. The Hall–Kier alpha value is -3.20. The fraction of sp³-hybridized carbons (Fsp3) is 0.158. The first-order valence-corrected chi connectivity index (χ1v) is 9.34. The van der Waals surface area contributed by atoms with Gasteiger partial charge in [-0.2, -0.15) is 0 Å². The first-order valence-electron chi connectivity index (χ1n) is 8.35. The van der Waals surface area contributed by atoms with Crippen LogP contribution in [0.3, 0.4) is 0 Å². The van der Waals surface area contributed by atoms with Gasteiger partial charge in [0.2, 0.25) is 5.89 Å². The summed E-state index contributed by atoms with van der Waals surface area (Å²) in [5, 5.41) is 8.18. The molecule has 2 heterocycles. The standard InChI is InChI=1S/C19H14FN3O4S/c1-11(17-22-23-18(27-17)12-6-8-13(20)9-7-12)25-16(24)10-28-19-21-14-4-2-3-5-15(14)26-19/h2-9,11H,10H2,1H3/t11-/m1/s1. The fourth-order valence-electron chi connectivity index (χ4n) is 2.42. The number of para-hydroxylation sites is 2. The second-order valence-electron chi connectivity index (χ2n) is 5.82. The van der Waals surface area contributed by atoms with Crippen molar-refractivity contribution in [3.05, 3.63) is 60.2 Å². The summed E-state index contributed by atoms with van der Waals surface area (Å²) < 4.78 is 29.4. The van der Waals surface area contributed by atoms with Crippen molar-refractivity contribution in [2.45, 2.75) is 18.3 Å². The Morgan fingerprint density at radius 2 is 1.93 bits per heavy atom. The van der Waals surface area contributed by atoms with Gasteiger partial charge in [-0.1, -0.05) is 23.9 Å². The average molecular weight is 399 g/mol. The Morgan fingerprint density at radius 3 is 2.71 bits per heavy atom. The molecule has 4 aromatic rings. The van der Waals surface area contributed by atoms with E-state index in [1.54, 1.807) is 13.0 Å². The van der Waals surface area contributed by atoms with Gasteiger partial charge in [0.1, 0.15) is 17.1 Å². The number of ether oxygens (including phenoxy) is 1. The number of carbonyl (C=O) groups excluding carboxylic acids is 1. The van der Waals surface area contributed by atoms with Crippen LogP contribution >= 0.6 is 11.8 Å². The minimum absolute atomic E-state index is 0.0239. The third-order valence-electron chi connectivity index (χ3n) is 3.78. The zero-order valence-corrected chi connectivity index (χ0v) is 15.5. The number of hydrogen-bond donors (Lipinski definition) is 0. The normalized spacial score (nSPS) is 12.2. The minimum atomic E-state index is -0.724. The number of halogens is 1. The van der Waals surface area contributed by atoms with Crippen molar-refractivity contribution in [1.82, 2.24) is 15.2 Å². The summed E-state index contributed by atoms with van der Waals surface area (Å²) in [7, 11) is 0. The number of aromatic nitrogens is 3. The van der Waals surface area contributed by atoms with Gasteiger partial charge >= 0.3 is 5.97 Å². The van der Waals surface area contributed by atoms with Gasteiger partial charge in [0.15, 0.2) is 11.7 Å². The molecule has 7 nitrogen and oxygen atoms in total. The first kappa shape index (κ1) is 18.2. The van der Waals surface area contributed by atoms with Crippen LogP contribution in [0.5, 0.6) is 0 Å². The van der Waals surface area contributed by atoms with Crippen LogP contribution in [0.1, 0.15) is 18.9 Å². The lowest BCUT2D eigenvalue weighted by atomic mass is 10.2. The number of benzene rings is 2. The highest BCUT2D eigenvalue weighted by Crippen LogP contribution is 2.25. The number of oxazole rings is 1. The number of thioether (sulfide) groups is 1. The maximum Gasteiger partial charge on any atom is 0.317 e. The van der Waals surface area contributed by atoms with Crippen molar-refractivity contribution in [2.75, 3.05) is 5.75 Å². The number of carbonyl (C=O) groups is 1. The van der Waals surface area contributed by atoms with Crippen molar-refractivity contribution >= 4 is 28.8 Å². The molecule has 4 rings (SSSR count). The number of nitrogens with zero attached hydrogens (tertiary/aromatic N) is 3. The largest absolute Gasteiger partial charge is 0.452 e. The molecule has 0 aliphatic carbocycles. The second-order valence-corrected chi connectivity index (χ2v) is 6.75. The van der Waals surface area contributed by atoms with Crippen LogP contribution < -0.4 is 0 Å². The Balaban J connectivity index is 1.34. The Kier molecular flexibility index (Phi) is 5.07. The van der Waals surface area contributed by atoms with Crippen LogP contribution in [-0.4, -0.2) is 26.9 Å². The maximum atomic E-state index is 13.0. The molecule has 0 amide bonds. The van der Waals surface area contributed by atoms with E-state index in [0.29, 0.717) is 16.4 Å². The predicted octanol–water partition coefficient (Wildman–Crippen LogP) is 4.41. The number of hydrogen-bond acceptors (Lipinski definition) is 8. The summed E-state index contributed by atoms with van der Waals surface area (Å²) in [4.78, 5) is 16.4. The molecular formula is C19H14FN3O4S. The molecule has 1 atom stereocenters. The lowest BCUT2D eigenvalue weighted by molar-refractivity contribution is -0.146. The molecule has 9 heteroatoms. The van der Waals surface area contributed by atoms with E-state index < -0.39 is 12.1 Å². The van der Waals surface area contributed by atoms with E-state index in [1.165, 1.54) is 24.3 Å². The lowest BCUT2D eigenvalue weighted by Gasteiger charge is -2.08. The van der Waals surface area contributed by atoms with Crippen molar-refractivity contribution in [3.8, 4) is 11.5 Å². The summed E-state index contributed by atoms with van der Waals surface area (Å²) in [6.07, 6.45) is -0.724. The molecule has 0 aliphatic rings. The minimum Gasteiger partial charge on any atom is -0.452 e. The van der Waals surface area contributed by atoms with Crippen LogP contribution in [0.15, 0.2) is 62.6 Å². The third-order valence-corrected chi connectivity index (χ3v) is 4.58. The highest BCUT2D eigenvalue weighted by Gasteiger charge is 2.20. The van der Waals surface area contributed by atoms with Crippen molar-refractivity contribution < 1.29 is 22.8 Å². The molecule has 2 aromatic heterocycles. The van der Waals surface area contributed by atoms with Crippen LogP contribution in [0.2, 0.25) is 0 Å². The molecule has 28 heavy (non-hydrogen) atoms. The van der Waals surface area contributed by atoms with Gasteiger partial charge in [-0.3, -0.25) is 4.79 Å². The molecule has 0 N–H and O–H groups in total. The predicted molar refractivity (Wildman–Crippen MR) is 98.9 cm³/mol. The Bertz CT molecular complexity index is 1080. The molecule has 0 radical (unpaired) electrons. The zero-order chi connectivity index (χ0) is 19.5. The molecule has 2 aromatic carbocycles. The SMILES string of the molecule is C[C@@H](OC(=O)CSc1nc2ccccc2o1)c1nnc(-c2ccc(F)cc2)o1. The monoisotopic (exact) mass is 399 g/mol. The summed E-state index contributed by atoms with van der Waals surface area (Å²) in [5.74, 6) is -0.433. The number of fused-ring (bicyclic) bond motifs is 1. The van der Waals surface area contributed by atoms with Gasteiger partial charge in [0.05, 0.1) is 0 Å². The van der Waals surface area contributed by atoms with Crippen molar-refractivity contribution in [3.63, 3.8) is 0 Å². The first-order chi connectivity index (χ1) is 13.6. The Labute approximate surface area is 162 Å². The van der Waals surface area contributed by atoms with Gasteiger partial charge in [0.25, 0.3) is 11.1 Å². The molecule has 0 bridgehead atoms. The van der Waals surface area contributed by atoms with Crippen LogP contribution in [0.25, 0.3) is 22.6 Å². The molecule has 0 fully saturated rings. The molecule has 142 valence electrons. The maximum absolute atomic E-state index is 13.0. The van der Waals surface area contributed by atoms with Gasteiger partial charge in [-0.05, 0) is 43.3 Å². The van der Waals surface area contributed by atoms with Gasteiger partial charge in [-0.25, -0.2) is 9.37 Å². The Morgan fingerprint density at radius 1 is 1.14 bits per heavy atom. The molecular weight excluding hydrogens is 385 g/mol. The van der Waals surface area contributed by atoms with Crippen molar-refractivity contribution in [1.29, 1.82) is 0 Å². The van der Waals surface area contributed by atoms with Crippen LogP contribution in [0.4, 0.5) is 4.39 Å². The highest BCUT2D eigenvalue weighted by molar-refractivity contribution is 7.99. The van der Waals surface area contributed by atoms with Gasteiger partial charge in [0, 0.05) is 5.56 Å². The van der Waals surface area contributed by atoms with Gasteiger partial charge < -0.3 is 13.6 Å². The average Bonchev–Trinajstić information content (AvgIpc) is 3.34. The number of rotatable bonds is 6. The van der Waals surface area contributed by atoms with E-state index in [1.807, 2.05) is 18.2 Å². The zero-order valence-electron chi connectivity index (χ0n) is 14.7. The molecule has 0 spiro atoms. The van der Waals surface area contributed by atoms with E-state index in [4.69, 9.17) is 13.6 Å². The summed E-state index contributed by atoms with van der Waals surface area (Å²) >= 11 is 1.14. The smallest absolute Gasteiger partial charge is 0.317 e. The topological polar surface area (TPSA) is 91.2 Å². The summed E-state index contributed by atoms with van der Waals surface area (Å²) in [6, 6.07) is 13.0. The van der Waals surface area contributed by atoms with Crippen LogP contribution in [0, 0.1) is 5.82 Å². The third kappa shape index (κ3) is 4.04. The fourth-order valence-corrected chi connectivity index (χ4v) is 3.04.